The molecule has 0 radical (unpaired) electrons. The summed E-state index contributed by atoms with van der Waals surface area (Å²) in [5.41, 5.74) is 1.27. The van der Waals surface area contributed by atoms with Gasteiger partial charge in [-0.1, -0.05) is 15.9 Å². The lowest BCUT2D eigenvalue weighted by molar-refractivity contribution is 1.11. The second-order valence-electron chi connectivity index (χ2n) is 3.75. The van der Waals surface area contributed by atoms with Crippen molar-refractivity contribution in [2.24, 2.45) is 0 Å². The van der Waals surface area contributed by atoms with Crippen molar-refractivity contribution in [1.29, 1.82) is 5.26 Å². The molecule has 6 heteroatoms. The molecular weight excluding hydrogens is 306 g/mol. The quantitative estimate of drug-likeness (QED) is 0.905. The fraction of sp³-hybridized carbons (Fsp3) is 0.154. The average Bonchev–Trinajstić information content (AvgIpc) is 2.41. The molecule has 1 aromatic heterocycles. The van der Waals surface area contributed by atoms with E-state index in [2.05, 4.69) is 42.6 Å². The van der Waals surface area contributed by atoms with Gasteiger partial charge in [0, 0.05) is 17.1 Å². The van der Waals surface area contributed by atoms with Gasteiger partial charge in [-0.3, -0.25) is 0 Å². The summed E-state index contributed by atoms with van der Waals surface area (Å²) in [5, 5.41) is 15.3. The van der Waals surface area contributed by atoms with Crippen LogP contribution in [0.3, 0.4) is 0 Å². The zero-order valence-corrected chi connectivity index (χ0v) is 11.9. The number of nitrogens with one attached hydrogen (secondary N) is 2. The van der Waals surface area contributed by atoms with E-state index in [4.69, 9.17) is 5.26 Å². The van der Waals surface area contributed by atoms with Crippen LogP contribution in [0.25, 0.3) is 0 Å². The summed E-state index contributed by atoms with van der Waals surface area (Å²) in [5.74, 6) is 1.39. The smallest absolute Gasteiger partial charge is 0.135 e. The molecule has 0 bridgehead atoms. The van der Waals surface area contributed by atoms with Crippen molar-refractivity contribution in [2.45, 2.75) is 6.92 Å². The van der Waals surface area contributed by atoms with Gasteiger partial charge in [0.15, 0.2) is 0 Å². The molecule has 0 fully saturated rings. The summed E-state index contributed by atoms with van der Waals surface area (Å²) in [6.45, 7) is 2.79. The third kappa shape index (κ3) is 3.42. The minimum atomic E-state index is 0.554. The van der Waals surface area contributed by atoms with Gasteiger partial charge in [-0.2, -0.15) is 5.26 Å². The lowest BCUT2D eigenvalue weighted by Gasteiger charge is -2.09. The van der Waals surface area contributed by atoms with Crippen LogP contribution in [0, 0.1) is 11.3 Å². The monoisotopic (exact) mass is 317 g/mol. The molecule has 0 amide bonds. The Morgan fingerprint density at radius 3 is 2.79 bits per heavy atom. The van der Waals surface area contributed by atoms with Gasteiger partial charge in [0.05, 0.1) is 11.3 Å². The summed E-state index contributed by atoms with van der Waals surface area (Å²) in [4.78, 5) is 8.22. The lowest BCUT2D eigenvalue weighted by atomic mass is 10.2. The van der Waals surface area contributed by atoms with Gasteiger partial charge in [-0.25, -0.2) is 9.97 Å². The number of halogens is 1. The Balaban J connectivity index is 2.26. The maximum Gasteiger partial charge on any atom is 0.135 e. The van der Waals surface area contributed by atoms with E-state index >= 15 is 0 Å². The maximum absolute atomic E-state index is 9.10. The first-order valence-corrected chi connectivity index (χ1v) is 6.55. The molecule has 5 nitrogen and oxygen atoms in total. The molecular formula is C13H12BrN5. The highest BCUT2D eigenvalue weighted by Crippen LogP contribution is 2.23. The molecule has 2 rings (SSSR count). The van der Waals surface area contributed by atoms with Crippen molar-refractivity contribution in [3.8, 4) is 6.07 Å². The Morgan fingerprint density at radius 1 is 1.26 bits per heavy atom. The SMILES string of the molecule is CCNc1cc(Nc2ccc(Br)cc2C#N)ncn1. The molecule has 2 N–H and O–H groups in total. The van der Waals surface area contributed by atoms with Gasteiger partial charge in [-0.05, 0) is 25.1 Å². The van der Waals surface area contributed by atoms with E-state index < -0.39 is 0 Å². The summed E-state index contributed by atoms with van der Waals surface area (Å²) in [7, 11) is 0. The van der Waals surface area contributed by atoms with E-state index in [1.54, 1.807) is 12.1 Å². The van der Waals surface area contributed by atoms with Crippen LogP contribution in [0.4, 0.5) is 17.3 Å². The molecule has 0 saturated carbocycles. The van der Waals surface area contributed by atoms with Gasteiger partial charge in [0.1, 0.15) is 24.0 Å². The molecule has 96 valence electrons. The van der Waals surface area contributed by atoms with Crippen LogP contribution in [0.2, 0.25) is 0 Å². The van der Waals surface area contributed by atoms with E-state index in [1.807, 2.05) is 19.1 Å². The van der Waals surface area contributed by atoms with E-state index in [-0.39, 0.29) is 0 Å². The second-order valence-corrected chi connectivity index (χ2v) is 4.66. The van der Waals surface area contributed by atoms with Gasteiger partial charge >= 0.3 is 0 Å². The number of nitriles is 1. The van der Waals surface area contributed by atoms with Crippen molar-refractivity contribution in [3.05, 3.63) is 40.6 Å². The predicted molar refractivity (Wildman–Crippen MR) is 78.3 cm³/mol. The van der Waals surface area contributed by atoms with E-state index in [0.717, 1.165) is 16.8 Å². The number of anilines is 3. The third-order valence-electron chi connectivity index (χ3n) is 2.39. The Labute approximate surface area is 119 Å². The van der Waals surface area contributed by atoms with Gasteiger partial charge in [-0.15, -0.1) is 0 Å². The highest BCUT2D eigenvalue weighted by Gasteiger charge is 2.04. The van der Waals surface area contributed by atoms with Crippen LogP contribution in [-0.4, -0.2) is 16.5 Å². The zero-order valence-electron chi connectivity index (χ0n) is 10.3. The number of hydrogen-bond acceptors (Lipinski definition) is 5. The normalized spacial score (nSPS) is 9.74. The minimum absolute atomic E-state index is 0.554. The molecule has 2 aromatic rings. The van der Waals surface area contributed by atoms with Crippen LogP contribution in [0.15, 0.2) is 35.1 Å². The summed E-state index contributed by atoms with van der Waals surface area (Å²) in [6, 6.07) is 9.40. The number of rotatable bonds is 4. The number of aromatic nitrogens is 2. The fourth-order valence-corrected chi connectivity index (χ4v) is 1.92. The van der Waals surface area contributed by atoms with Crippen LogP contribution in [0.5, 0.6) is 0 Å². The average molecular weight is 318 g/mol. The van der Waals surface area contributed by atoms with Crippen molar-refractivity contribution < 1.29 is 0 Å². The maximum atomic E-state index is 9.10. The van der Waals surface area contributed by atoms with Crippen LogP contribution >= 0.6 is 15.9 Å². The predicted octanol–water partition coefficient (Wildman–Crippen LogP) is 3.29. The van der Waals surface area contributed by atoms with Crippen molar-refractivity contribution in [1.82, 2.24) is 9.97 Å². The van der Waals surface area contributed by atoms with E-state index in [9.17, 15) is 0 Å². The standard InChI is InChI=1S/C13H12BrN5/c1-2-16-12-6-13(18-8-17-12)19-11-4-3-10(14)5-9(11)7-15/h3-6,8H,2H2,1H3,(H2,16,17,18,19). The first kappa shape index (κ1) is 13.3. The highest BCUT2D eigenvalue weighted by atomic mass is 79.9. The number of benzene rings is 1. The van der Waals surface area contributed by atoms with Crippen LogP contribution in [0.1, 0.15) is 12.5 Å². The summed E-state index contributed by atoms with van der Waals surface area (Å²) in [6.07, 6.45) is 1.48. The lowest BCUT2D eigenvalue weighted by Crippen LogP contribution is -2.02. The van der Waals surface area contributed by atoms with Gasteiger partial charge in [0.25, 0.3) is 0 Å². The minimum Gasteiger partial charge on any atom is -0.370 e. The summed E-state index contributed by atoms with van der Waals surface area (Å²) >= 11 is 3.34. The first-order chi connectivity index (χ1) is 9.22. The highest BCUT2D eigenvalue weighted by molar-refractivity contribution is 9.10. The Bertz CT molecular complexity index is 621. The molecule has 0 atom stereocenters. The van der Waals surface area contributed by atoms with E-state index in [0.29, 0.717) is 17.1 Å². The largest absolute Gasteiger partial charge is 0.370 e. The molecule has 19 heavy (non-hydrogen) atoms. The molecule has 1 aromatic carbocycles. The molecule has 0 aliphatic carbocycles. The van der Waals surface area contributed by atoms with Crippen LogP contribution < -0.4 is 10.6 Å². The molecule has 0 unspecified atom stereocenters. The molecule has 1 heterocycles. The molecule has 0 saturated heterocycles. The number of hydrogen-bond donors (Lipinski definition) is 2. The molecule has 0 spiro atoms. The Morgan fingerprint density at radius 2 is 2.05 bits per heavy atom. The second kappa shape index (κ2) is 6.16. The topological polar surface area (TPSA) is 73.6 Å². The first-order valence-electron chi connectivity index (χ1n) is 5.75. The zero-order chi connectivity index (χ0) is 13.7. The van der Waals surface area contributed by atoms with Gasteiger partial charge < -0.3 is 10.6 Å². The van der Waals surface area contributed by atoms with Gasteiger partial charge in [0.2, 0.25) is 0 Å². The number of nitrogens with zero attached hydrogens (tertiary/aromatic N) is 3. The summed E-state index contributed by atoms with van der Waals surface area (Å²) < 4.78 is 0.866. The van der Waals surface area contributed by atoms with Crippen LogP contribution in [-0.2, 0) is 0 Å². The fourth-order valence-electron chi connectivity index (χ4n) is 1.56. The van der Waals surface area contributed by atoms with Crippen molar-refractivity contribution in [3.63, 3.8) is 0 Å². The Hall–Kier alpha value is -2.13. The van der Waals surface area contributed by atoms with Crippen molar-refractivity contribution in [2.75, 3.05) is 17.2 Å². The third-order valence-corrected chi connectivity index (χ3v) is 2.88. The molecule has 0 aliphatic rings. The van der Waals surface area contributed by atoms with E-state index in [1.165, 1.54) is 6.33 Å². The molecule has 0 aliphatic heterocycles. The van der Waals surface area contributed by atoms with Crippen molar-refractivity contribution >= 4 is 33.3 Å². The Kier molecular flexibility index (Phi) is 4.31.